The fourth-order valence-electron chi connectivity index (χ4n) is 1.44. The lowest BCUT2D eigenvalue weighted by Gasteiger charge is -2.07. The van der Waals surface area contributed by atoms with Crippen LogP contribution in [0.2, 0.25) is 0 Å². The molecule has 0 heterocycles. The van der Waals surface area contributed by atoms with E-state index in [1.165, 1.54) is 24.3 Å². The maximum absolute atomic E-state index is 11.2. The summed E-state index contributed by atoms with van der Waals surface area (Å²) < 4.78 is 22.5. The third kappa shape index (κ3) is 3.81. The van der Waals surface area contributed by atoms with E-state index in [4.69, 9.17) is 5.21 Å². The summed E-state index contributed by atoms with van der Waals surface area (Å²) in [5.74, 6) is -0.696. The zero-order valence-corrected chi connectivity index (χ0v) is 10.4. The van der Waals surface area contributed by atoms with E-state index in [0.29, 0.717) is 5.56 Å². The molecule has 1 unspecified atom stereocenters. The second kappa shape index (κ2) is 5.58. The van der Waals surface area contributed by atoms with Crippen LogP contribution in [0.3, 0.4) is 0 Å². The largest absolute Gasteiger partial charge is 0.411 e. The van der Waals surface area contributed by atoms with Gasteiger partial charge in [-0.2, -0.15) is 0 Å². The number of nitrogens with zero attached hydrogens (tertiary/aromatic N) is 2. The van der Waals surface area contributed by atoms with Crippen molar-refractivity contribution in [2.24, 2.45) is 5.16 Å². The monoisotopic (exact) mass is 272 g/mol. The van der Waals surface area contributed by atoms with Crippen LogP contribution in [0.4, 0.5) is 0 Å². The van der Waals surface area contributed by atoms with Gasteiger partial charge in [0.25, 0.3) is 0 Å². The molecule has 1 aromatic rings. The van der Waals surface area contributed by atoms with Crippen molar-refractivity contribution in [3.63, 3.8) is 0 Å². The van der Waals surface area contributed by atoms with Crippen molar-refractivity contribution in [2.75, 3.05) is 12.8 Å². The molecule has 0 amide bonds. The molecule has 1 N–H and O–H groups in total. The Labute approximate surface area is 104 Å². The zero-order chi connectivity index (χ0) is 13.8. The summed E-state index contributed by atoms with van der Waals surface area (Å²) >= 11 is 0. The molecule has 1 atom stereocenters. The maximum atomic E-state index is 11.2. The normalized spacial score (nSPS) is 13.6. The average Bonchev–Trinajstić information content (AvgIpc) is 2.27. The van der Waals surface area contributed by atoms with E-state index in [2.05, 4.69) is 5.16 Å². The van der Waals surface area contributed by atoms with Gasteiger partial charge in [-0.3, -0.25) is 10.1 Å². The number of sulfone groups is 1. The van der Waals surface area contributed by atoms with E-state index in [1.54, 1.807) is 0 Å². The fourth-order valence-corrected chi connectivity index (χ4v) is 2.07. The highest BCUT2D eigenvalue weighted by atomic mass is 32.2. The Balaban J connectivity index is 3.04. The minimum absolute atomic E-state index is 0.132. The lowest BCUT2D eigenvalue weighted by Crippen LogP contribution is -2.14. The number of hydrogen-bond acceptors (Lipinski definition) is 6. The Morgan fingerprint density at radius 2 is 2.00 bits per heavy atom. The predicted octanol–water partition coefficient (Wildman–Crippen LogP) is 0.910. The van der Waals surface area contributed by atoms with Crippen molar-refractivity contribution >= 4 is 16.1 Å². The highest BCUT2D eigenvalue weighted by Crippen LogP contribution is 2.17. The molecule has 7 nitrogen and oxygen atoms in total. The van der Waals surface area contributed by atoms with E-state index in [0.717, 1.165) is 12.5 Å². The van der Waals surface area contributed by atoms with E-state index in [9.17, 15) is 18.5 Å². The summed E-state index contributed by atoms with van der Waals surface area (Å²) in [5, 5.41) is 21.7. The Hall–Kier alpha value is -1.96. The summed E-state index contributed by atoms with van der Waals surface area (Å²) in [6.45, 7) is -0.428. The molecule has 0 bridgehead atoms. The van der Waals surface area contributed by atoms with Gasteiger partial charge in [-0.05, 0) is 17.7 Å². The van der Waals surface area contributed by atoms with Gasteiger partial charge < -0.3 is 5.21 Å². The van der Waals surface area contributed by atoms with Gasteiger partial charge in [0.1, 0.15) is 0 Å². The van der Waals surface area contributed by atoms with E-state index in [1.807, 2.05) is 0 Å². The lowest BCUT2D eigenvalue weighted by atomic mass is 10.0. The standard InChI is InChI=1S/C10H12N2O5S/c1-18(16,17)10-4-2-8(3-5-10)9(6-11-13)7-12(14)15/h2-6,9,13H,7H2,1H3. The summed E-state index contributed by atoms with van der Waals surface area (Å²) in [7, 11) is -3.30. The van der Waals surface area contributed by atoms with Crippen LogP contribution in [0, 0.1) is 10.1 Å². The molecular weight excluding hydrogens is 260 g/mol. The molecule has 98 valence electrons. The average molecular weight is 272 g/mol. The van der Waals surface area contributed by atoms with Crippen LogP contribution in [-0.4, -0.2) is 37.6 Å². The second-order valence-electron chi connectivity index (χ2n) is 3.73. The third-order valence-corrected chi connectivity index (χ3v) is 3.46. The van der Waals surface area contributed by atoms with Crippen molar-refractivity contribution in [2.45, 2.75) is 10.8 Å². The van der Waals surface area contributed by atoms with Crippen LogP contribution in [0.15, 0.2) is 34.3 Å². The maximum Gasteiger partial charge on any atom is 0.215 e. The number of benzene rings is 1. The molecule has 0 saturated heterocycles. The van der Waals surface area contributed by atoms with Crippen molar-refractivity contribution in [1.82, 2.24) is 0 Å². The van der Waals surface area contributed by atoms with Crippen LogP contribution in [0.5, 0.6) is 0 Å². The third-order valence-electron chi connectivity index (χ3n) is 2.33. The molecular formula is C10H12N2O5S. The minimum atomic E-state index is -3.30. The Morgan fingerprint density at radius 3 is 2.39 bits per heavy atom. The summed E-state index contributed by atoms with van der Waals surface area (Å²) in [4.78, 5) is 10.1. The van der Waals surface area contributed by atoms with Crippen LogP contribution >= 0.6 is 0 Å². The number of hydrogen-bond donors (Lipinski definition) is 1. The summed E-state index contributed by atoms with van der Waals surface area (Å²) in [6, 6.07) is 5.66. The number of oxime groups is 1. The van der Waals surface area contributed by atoms with Gasteiger partial charge in [0.05, 0.1) is 17.0 Å². The van der Waals surface area contributed by atoms with Gasteiger partial charge in [-0.25, -0.2) is 8.42 Å². The Bertz CT molecular complexity index is 550. The van der Waals surface area contributed by atoms with E-state index in [-0.39, 0.29) is 4.90 Å². The first-order valence-electron chi connectivity index (χ1n) is 4.94. The van der Waals surface area contributed by atoms with Crippen LogP contribution in [0.25, 0.3) is 0 Å². The van der Waals surface area contributed by atoms with E-state index < -0.39 is 27.2 Å². The molecule has 0 spiro atoms. The van der Waals surface area contributed by atoms with Crippen LogP contribution in [-0.2, 0) is 9.84 Å². The van der Waals surface area contributed by atoms with Crippen LogP contribution in [0.1, 0.15) is 11.5 Å². The number of nitro groups is 1. The molecule has 0 radical (unpaired) electrons. The number of rotatable bonds is 5. The highest BCUT2D eigenvalue weighted by Gasteiger charge is 2.17. The topological polar surface area (TPSA) is 110 Å². The first kappa shape index (κ1) is 14.1. The molecule has 0 fully saturated rings. The Morgan fingerprint density at radius 1 is 1.44 bits per heavy atom. The van der Waals surface area contributed by atoms with Crippen molar-refractivity contribution in [3.05, 3.63) is 39.9 Å². The van der Waals surface area contributed by atoms with Gasteiger partial charge >= 0.3 is 0 Å². The first-order chi connectivity index (χ1) is 8.34. The fraction of sp³-hybridized carbons (Fsp3) is 0.300. The van der Waals surface area contributed by atoms with Gasteiger partial charge in [0.2, 0.25) is 6.54 Å². The molecule has 18 heavy (non-hydrogen) atoms. The van der Waals surface area contributed by atoms with Gasteiger partial charge in [-0.1, -0.05) is 12.1 Å². The smallest absolute Gasteiger partial charge is 0.215 e. The molecule has 1 aromatic carbocycles. The molecule has 8 heteroatoms. The molecule has 0 saturated carbocycles. The summed E-state index contributed by atoms with van der Waals surface area (Å²) in [6.07, 6.45) is 2.12. The molecule has 0 aliphatic heterocycles. The van der Waals surface area contributed by atoms with Crippen molar-refractivity contribution < 1.29 is 18.5 Å². The molecule has 0 aliphatic carbocycles. The summed E-state index contributed by atoms with van der Waals surface area (Å²) in [5.41, 5.74) is 0.511. The van der Waals surface area contributed by atoms with Crippen LogP contribution < -0.4 is 0 Å². The first-order valence-corrected chi connectivity index (χ1v) is 6.83. The lowest BCUT2D eigenvalue weighted by molar-refractivity contribution is -0.480. The predicted molar refractivity (Wildman–Crippen MR) is 64.4 cm³/mol. The van der Waals surface area contributed by atoms with E-state index >= 15 is 0 Å². The Kier molecular flexibility index (Phi) is 4.38. The second-order valence-corrected chi connectivity index (χ2v) is 5.74. The van der Waals surface area contributed by atoms with Gasteiger partial charge in [0, 0.05) is 11.2 Å². The molecule has 0 aromatic heterocycles. The SMILES string of the molecule is CS(=O)(=O)c1ccc(C(C=NO)C[N+](=O)[O-])cc1. The quantitative estimate of drug-likeness (QED) is 0.371. The molecule has 1 rings (SSSR count). The van der Waals surface area contributed by atoms with Gasteiger partial charge in [-0.15, -0.1) is 5.16 Å². The molecule has 0 aliphatic rings. The highest BCUT2D eigenvalue weighted by molar-refractivity contribution is 7.90. The van der Waals surface area contributed by atoms with Crippen molar-refractivity contribution in [3.8, 4) is 0 Å². The van der Waals surface area contributed by atoms with Crippen molar-refractivity contribution in [1.29, 1.82) is 0 Å². The van der Waals surface area contributed by atoms with Gasteiger partial charge in [0.15, 0.2) is 9.84 Å². The zero-order valence-electron chi connectivity index (χ0n) is 9.55. The minimum Gasteiger partial charge on any atom is -0.411 e.